The van der Waals surface area contributed by atoms with Gasteiger partial charge in [0.25, 0.3) is 11.7 Å². The van der Waals surface area contributed by atoms with Gasteiger partial charge in [-0.1, -0.05) is 31.4 Å². The second-order valence-corrected chi connectivity index (χ2v) is 9.39. The summed E-state index contributed by atoms with van der Waals surface area (Å²) in [6.45, 7) is 0. The van der Waals surface area contributed by atoms with Crippen LogP contribution < -0.4 is 9.64 Å². The SMILES string of the molecule is COc1ccc(C(O)=C2C(=O)C(=O)N(c3ccc(-c4cccn4C)cc3)C2C2CCCCC2)cc1. The van der Waals surface area contributed by atoms with Crippen LogP contribution in [0.5, 0.6) is 5.75 Å². The number of aromatic nitrogens is 1. The van der Waals surface area contributed by atoms with E-state index in [1.165, 1.54) is 0 Å². The molecule has 35 heavy (non-hydrogen) atoms. The van der Waals surface area contributed by atoms with Crippen molar-refractivity contribution >= 4 is 23.1 Å². The van der Waals surface area contributed by atoms with E-state index in [0.717, 1.165) is 43.4 Å². The number of ether oxygens (including phenoxy) is 1. The number of aliphatic hydroxyl groups excluding tert-OH is 1. The van der Waals surface area contributed by atoms with Crippen molar-refractivity contribution in [2.24, 2.45) is 13.0 Å². The average Bonchev–Trinajstić information content (AvgIpc) is 3.44. The Bertz CT molecular complexity index is 1260. The van der Waals surface area contributed by atoms with Crippen LogP contribution in [0.3, 0.4) is 0 Å². The molecular formula is C29H30N2O4. The van der Waals surface area contributed by atoms with E-state index >= 15 is 0 Å². The minimum Gasteiger partial charge on any atom is -0.507 e. The highest BCUT2D eigenvalue weighted by atomic mass is 16.5. The predicted octanol–water partition coefficient (Wildman–Crippen LogP) is 5.53. The van der Waals surface area contributed by atoms with Gasteiger partial charge >= 0.3 is 0 Å². The van der Waals surface area contributed by atoms with Gasteiger partial charge in [-0.2, -0.15) is 0 Å². The fraction of sp³-hybridized carbons (Fsp3) is 0.310. The molecule has 6 nitrogen and oxygen atoms in total. The number of Topliss-reactive ketones (excluding diaryl/α,β-unsaturated/α-hetero) is 1. The van der Waals surface area contributed by atoms with E-state index in [1.807, 2.05) is 54.2 Å². The van der Waals surface area contributed by atoms with E-state index in [0.29, 0.717) is 17.0 Å². The molecule has 180 valence electrons. The first-order valence-electron chi connectivity index (χ1n) is 12.2. The molecule has 1 saturated carbocycles. The Labute approximate surface area is 205 Å². The summed E-state index contributed by atoms with van der Waals surface area (Å²) in [6, 6.07) is 18.2. The molecular weight excluding hydrogens is 440 g/mol. The third kappa shape index (κ3) is 4.14. The number of nitrogens with zero attached hydrogens (tertiary/aromatic N) is 2. The molecule has 1 aliphatic heterocycles. The monoisotopic (exact) mass is 470 g/mol. The lowest BCUT2D eigenvalue weighted by Crippen LogP contribution is -2.40. The number of hydrogen-bond acceptors (Lipinski definition) is 4. The van der Waals surface area contributed by atoms with Crippen LogP contribution in [-0.2, 0) is 16.6 Å². The molecule has 1 N–H and O–H groups in total. The number of methoxy groups -OCH3 is 1. The Hall–Kier alpha value is -3.80. The van der Waals surface area contributed by atoms with Crippen molar-refractivity contribution in [1.82, 2.24) is 4.57 Å². The lowest BCUT2D eigenvalue weighted by Gasteiger charge is -2.34. The van der Waals surface area contributed by atoms with Crippen LogP contribution >= 0.6 is 0 Å². The average molecular weight is 471 g/mol. The zero-order valence-electron chi connectivity index (χ0n) is 20.1. The van der Waals surface area contributed by atoms with Crippen molar-refractivity contribution < 1.29 is 19.4 Å². The van der Waals surface area contributed by atoms with E-state index < -0.39 is 17.7 Å². The molecule has 6 heteroatoms. The Morgan fingerprint density at radius 2 is 1.63 bits per heavy atom. The first kappa shape index (κ1) is 23.0. The summed E-state index contributed by atoms with van der Waals surface area (Å²) in [7, 11) is 3.57. The molecule has 0 radical (unpaired) electrons. The number of anilines is 1. The van der Waals surface area contributed by atoms with Crippen LogP contribution in [0.15, 0.2) is 72.4 Å². The van der Waals surface area contributed by atoms with Crippen LogP contribution in [0.4, 0.5) is 5.69 Å². The van der Waals surface area contributed by atoms with Crippen LogP contribution in [0, 0.1) is 5.92 Å². The maximum absolute atomic E-state index is 13.4. The molecule has 1 aromatic heterocycles. The van der Waals surface area contributed by atoms with Crippen LogP contribution in [-0.4, -0.2) is 34.5 Å². The number of rotatable bonds is 5. The van der Waals surface area contributed by atoms with E-state index in [4.69, 9.17) is 4.74 Å². The number of aliphatic hydroxyl groups is 1. The second-order valence-electron chi connectivity index (χ2n) is 9.39. The molecule has 2 aliphatic rings. The lowest BCUT2D eigenvalue weighted by atomic mass is 9.80. The molecule has 1 amide bonds. The van der Waals surface area contributed by atoms with Crippen molar-refractivity contribution in [3.05, 3.63) is 78.0 Å². The first-order chi connectivity index (χ1) is 17.0. The number of carbonyl (C=O) groups is 2. The van der Waals surface area contributed by atoms with Gasteiger partial charge in [0, 0.05) is 30.2 Å². The number of aryl methyl sites for hydroxylation is 1. The molecule has 0 bridgehead atoms. The predicted molar refractivity (Wildman–Crippen MR) is 136 cm³/mol. The maximum Gasteiger partial charge on any atom is 0.299 e. The largest absolute Gasteiger partial charge is 0.507 e. The number of hydrogen-bond donors (Lipinski definition) is 1. The topological polar surface area (TPSA) is 71.8 Å². The summed E-state index contributed by atoms with van der Waals surface area (Å²) in [6.07, 6.45) is 7.09. The summed E-state index contributed by atoms with van der Waals surface area (Å²) < 4.78 is 7.26. The summed E-state index contributed by atoms with van der Waals surface area (Å²) in [4.78, 5) is 28.3. The highest BCUT2D eigenvalue weighted by molar-refractivity contribution is 6.51. The fourth-order valence-electron chi connectivity index (χ4n) is 5.49. The number of benzene rings is 2. The molecule has 1 atom stereocenters. The van der Waals surface area contributed by atoms with E-state index in [2.05, 4.69) is 0 Å². The van der Waals surface area contributed by atoms with Gasteiger partial charge in [0.15, 0.2) is 0 Å². The minimum atomic E-state index is -0.625. The quantitative estimate of drug-likeness (QED) is 0.302. The van der Waals surface area contributed by atoms with Crippen LogP contribution in [0.1, 0.15) is 37.7 Å². The molecule has 2 heterocycles. The number of amides is 1. The van der Waals surface area contributed by atoms with Crippen LogP contribution in [0.25, 0.3) is 17.0 Å². The first-order valence-corrected chi connectivity index (χ1v) is 12.2. The van der Waals surface area contributed by atoms with Gasteiger partial charge in [0.05, 0.1) is 18.7 Å². The van der Waals surface area contributed by atoms with Gasteiger partial charge in [0.2, 0.25) is 0 Å². The van der Waals surface area contributed by atoms with Crippen LogP contribution in [0.2, 0.25) is 0 Å². The number of ketones is 1. The van der Waals surface area contributed by atoms with Crippen molar-refractivity contribution in [2.45, 2.75) is 38.1 Å². The molecule has 1 aliphatic carbocycles. The van der Waals surface area contributed by atoms with Crippen molar-refractivity contribution in [3.8, 4) is 17.0 Å². The van der Waals surface area contributed by atoms with Gasteiger partial charge in [0.1, 0.15) is 11.5 Å². The summed E-state index contributed by atoms with van der Waals surface area (Å²) in [5.74, 6) is -0.557. The third-order valence-electron chi connectivity index (χ3n) is 7.33. The van der Waals surface area contributed by atoms with Gasteiger partial charge < -0.3 is 14.4 Å². The molecule has 2 aromatic carbocycles. The Morgan fingerprint density at radius 3 is 2.23 bits per heavy atom. The van der Waals surface area contributed by atoms with Crippen molar-refractivity contribution in [3.63, 3.8) is 0 Å². The third-order valence-corrected chi connectivity index (χ3v) is 7.33. The fourth-order valence-corrected chi connectivity index (χ4v) is 5.49. The Kier molecular flexibility index (Phi) is 6.20. The summed E-state index contributed by atoms with van der Waals surface area (Å²) in [5, 5.41) is 11.3. The lowest BCUT2D eigenvalue weighted by molar-refractivity contribution is -0.132. The summed E-state index contributed by atoms with van der Waals surface area (Å²) >= 11 is 0. The van der Waals surface area contributed by atoms with Gasteiger partial charge in [-0.3, -0.25) is 14.5 Å². The molecule has 0 spiro atoms. The molecule has 1 saturated heterocycles. The minimum absolute atomic E-state index is 0.113. The molecule has 5 rings (SSSR count). The van der Waals surface area contributed by atoms with Gasteiger partial charge in [-0.25, -0.2) is 0 Å². The van der Waals surface area contributed by atoms with E-state index in [9.17, 15) is 14.7 Å². The van der Waals surface area contributed by atoms with E-state index in [1.54, 1.807) is 36.3 Å². The summed E-state index contributed by atoms with van der Waals surface area (Å²) in [5.41, 5.74) is 3.49. The zero-order valence-corrected chi connectivity index (χ0v) is 20.1. The van der Waals surface area contributed by atoms with Crippen molar-refractivity contribution in [2.75, 3.05) is 12.0 Å². The van der Waals surface area contributed by atoms with E-state index in [-0.39, 0.29) is 17.3 Å². The van der Waals surface area contributed by atoms with Crippen molar-refractivity contribution in [1.29, 1.82) is 0 Å². The maximum atomic E-state index is 13.4. The Morgan fingerprint density at radius 1 is 0.943 bits per heavy atom. The standard InChI is InChI=1S/C29H30N2O4/c1-30-18-6-9-24(30)19-10-14-22(15-11-19)31-26(20-7-4-3-5-8-20)25(28(33)29(31)34)27(32)21-12-16-23(35-2)17-13-21/h6,9-18,20,26,32H,3-5,7-8H2,1-2H3. The molecule has 2 fully saturated rings. The molecule has 1 unspecified atom stereocenters. The van der Waals surface area contributed by atoms with Gasteiger partial charge in [-0.05, 0) is 72.9 Å². The number of carbonyl (C=O) groups excluding carboxylic acids is 2. The normalized spacial score (nSPS) is 20.4. The smallest absolute Gasteiger partial charge is 0.299 e. The molecule has 3 aromatic rings. The van der Waals surface area contributed by atoms with Gasteiger partial charge in [-0.15, -0.1) is 0 Å². The highest BCUT2D eigenvalue weighted by Gasteiger charge is 2.49. The second kappa shape index (κ2) is 9.45. The zero-order chi connectivity index (χ0) is 24.5. The highest BCUT2D eigenvalue weighted by Crippen LogP contribution is 2.41. The Balaban J connectivity index is 1.58.